The molecule has 1 aromatic heterocycles. The predicted molar refractivity (Wildman–Crippen MR) is 100.0 cm³/mol. The van der Waals surface area contributed by atoms with Crippen molar-refractivity contribution in [3.63, 3.8) is 0 Å². The van der Waals surface area contributed by atoms with Gasteiger partial charge < -0.3 is 25.5 Å². The van der Waals surface area contributed by atoms with Gasteiger partial charge in [0.05, 0.1) is 6.04 Å². The SMILES string of the molecule is CCN(CC)CCCNC(=O)c1coc(C(N)Cc2ccc(O)cc2)n1. The van der Waals surface area contributed by atoms with Crippen molar-refractivity contribution in [3.05, 3.63) is 47.7 Å². The highest BCUT2D eigenvalue weighted by molar-refractivity contribution is 5.91. The van der Waals surface area contributed by atoms with E-state index in [4.69, 9.17) is 10.2 Å². The summed E-state index contributed by atoms with van der Waals surface area (Å²) in [5, 5.41) is 12.2. The zero-order valence-corrected chi connectivity index (χ0v) is 15.4. The summed E-state index contributed by atoms with van der Waals surface area (Å²) in [7, 11) is 0. The normalized spacial score (nSPS) is 12.3. The summed E-state index contributed by atoms with van der Waals surface area (Å²) in [6.45, 7) is 7.82. The summed E-state index contributed by atoms with van der Waals surface area (Å²) in [6, 6.07) is 6.34. The smallest absolute Gasteiger partial charge is 0.273 e. The maximum Gasteiger partial charge on any atom is 0.273 e. The Hall–Kier alpha value is -2.38. The third kappa shape index (κ3) is 5.86. The van der Waals surface area contributed by atoms with Gasteiger partial charge in [0, 0.05) is 6.54 Å². The van der Waals surface area contributed by atoms with Gasteiger partial charge >= 0.3 is 0 Å². The van der Waals surface area contributed by atoms with Crippen molar-refractivity contribution in [1.29, 1.82) is 0 Å². The maximum absolute atomic E-state index is 12.1. The Morgan fingerprint density at radius 2 is 2.00 bits per heavy atom. The van der Waals surface area contributed by atoms with Crippen LogP contribution >= 0.6 is 0 Å². The monoisotopic (exact) mass is 360 g/mol. The number of aromatic nitrogens is 1. The molecule has 1 heterocycles. The molecule has 4 N–H and O–H groups in total. The molecule has 2 rings (SSSR count). The maximum atomic E-state index is 12.1. The lowest BCUT2D eigenvalue weighted by atomic mass is 10.1. The number of nitrogens with one attached hydrogen (secondary N) is 1. The average molecular weight is 360 g/mol. The second-order valence-electron chi connectivity index (χ2n) is 6.18. The molecule has 1 aromatic carbocycles. The van der Waals surface area contributed by atoms with Gasteiger partial charge in [0.15, 0.2) is 5.69 Å². The van der Waals surface area contributed by atoms with Crippen LogP contribution in [0.4, 0.5) is 0 Å². The number of carbonyl (C=O) groups is 1. The number of nitrogens with two attached hydrogens (primary N) is 1. The fourth-order valence-corrected chi connectivity index (χ4v) is 2.67. The molecule has 26 heavy (non-hydrogen) atoms. The minimum Gasteiger partial charge on any atom is -0.508 e. The topological polar surface area (TPSA) is 105 Å². The number of amides is 1. The summed E-state index contributed by atoms with van der Waals surface area (Å²) in [5.41, 5.74) is 7.30. The quantitative estimate of drug-likeness (QED) is 0.560. The van der Waals surface area contributed by atoms with E-state index >= 15 is 0 Å². The Morgan fingerprint density at radius 3 is 2.65 bits per heavy atom. The van der Waals surface area contributed by atoms with E-state index in [2.05, 4.69) is 29.0 Å². The van der Waals surface area contributed by atoms with Crippen molar-refractivity contribution < 1.29 is 14.3 Å². The summed E-state index contributed by atoms with van der Waals surface area (Å²) >= 11 is 0. The van der Waals surface area contributed by atoms with Crippen molar-refractivity contribution in [3.8, 4) is 5.75 Å². The highest BCUT2D eigenvalue weighted by atomic mass is 16.3. The van der Waals surface area contributed by atoms with Gasteiger partial charge in [0.25, 0.3) is 5.91 Å². The fraction of sp³-hybridized carbons (Fsp3) is 0.474. The molecule has 0 fully saturated rings. The molecular weight excluding hydrogens is 332 g/mol. The van der Waals surface area contributed by atoms with E-state index < -0.39 is 6.04 Å². The molecule has 1 atom stereocenters. The van der Waals surface area contributed by atoms with Gasteiger partial charge in [-0.1, -0.05) is 26.0 Å². The van der Waals surface area contributed by atoms with Crippen molar-refractivity contribution in [1.82, 2.24) is 15.2 Å². The lowest BCUT2D eigenvalue weighted by Crippen LogP contribution is -2.30. The minimum absolute atomic E-state index is 0.207. The van der Waals surface area contributed by atoms with Crippen LogP contribution in [-0.4, -0.2) is 47.1 Å². The molecular formula is C19H28N4O3. The van der Waals surface area contributed by atoms with Crippen LogP contribution in [0.3, 0.4) is 0 Å². The van der Waals surface area contributed by atoms with Gasteiger partial charge in [-0.3, -0.25) is 4.79 Å². The van der Waals surface area contributed by atoms with Gasteiger partial charge in [-0.05, 0) is 50.2 Å². The van der Waals surface area contributed by atoms with Gasteiger partial charge in [0.2, 0.25) is 5.89 Å². The van der Waals surface area contributed by atoms with Crippen molar-refractivity contribution in [2.45, 2.75) is 32.7 Å². The number of oxazole rings is 1. The molecule has 142 valence electrons. The van der Waals surface area contributed by atoms with Crippen LogP contribution in [0, 0.1) is 0 Å². The van der Waals surface area contributed by atoms with Crippen LogP contribution in [0.25, 0.3) is 0 Å². The Kier molecular flexibility index (Phi) is 7.62. The van der Waals surface area contributed by atoms with Gasteiger partial charge in [-0.2, -0.15) is 0 Å². The first-order valence-electron chi connectivity index (χ1n) is 9.03. The first kappa shape index (κ1) is 19.9. The standard InChI is InChI=1S/C19H28N4O3/c1-3-23(4-2)11-5-10-21-18(25)17-13-26-19(22-17)16(20)12-14-6-8-15(24)9-7-14/h6-9,13,16,24H,3-5,10-12,20H2,1-2H3,(H,21,25). The van der Waals surface area contributed by atoms with Crippen molar-refractivity contribution in [2.24, 2.45) is 5.73 Å². The summed E-state index contributed by atoms with van der Waals surface area (Å²) < 4.78 is 5.37. The van der Waals surface area contributed by atoms with E-state index in [1.165, 1.54) is 6.26 Å². The number of carbonyl (C=O) groups excluding carboxylic acids is 1. The van der Waals surface area contributed by atoms with E-state index in [0.29, 0.717) is 18.9 Å². The molecule has 0 spiro atoms. The molecule has 1 unspecified atom stereocenters. The number of benzene rings is 1. The van der Waals surface area contributed by atoms with Gasteiger partial charge in [0.1, 0.15) is 12.0 Å². The van der Waals surface area contributed by atoms with Gasteiger partial charge in [-0.15, -0.1) is 0 Å². The minimum atomic E-state index is -0.455. The van der Waals surface area contributed by atoms with Gasteiger partial charge in [-0.25, -0.2) is 4.98 Å². The van der Waals surface area contributed by atoms with E-state index in [-0.39, 0.29) is 17.4 Å². The van der Waals surface area contributed by atoms with Crippen LogP contribution < -0.4 is 11.1 Å². The molecule has 0 aliphatic heterocycles. The molecule has 7 heteroatoms. The Labute approximate surface area is 154 Å². The van der Waals surface area contributed by atoms with E-state index in [9.17, 15) is 9.90 Å². The zero-order chi connectivity index (χ0) is 18.9. The highest BCUT2D eigenvalue weighted by Crippen LogP contribution is 2.18. The summed E-state index contributed by atoms with van der Waals surface area (Å²) in [6.07, 6.45) is 2.73. The number of aromatic hydroxyl groups is 1. The van der Waals surface area contributed by atoms with E-state index in [1.807, 2.05) is 0 Å². The Morgan fingerprint density at radius 1 is 1.31 bits per heavy atom. The molecule has 0 saturated heterocycles. The van der Waals surface area contributed by atoms with Crippen LogP contribution in [-0.2, 0) is 6.42 Å². The van der Waals surface area contributed by atoms with Crippen LogP contribution in [0.5, 0.6) is 5.75 Å². The predicted octanol–water partition coefficient (Wildman–Crippen LogP) is 2.08. The molecule has 0 aliphatic carbocycles. The molecule has 1 amide bonds. The van der Waals surface area contributed by atoms with Crippen molar-refractivity contribution in [2.75, 3.05) is 26.2 Å². The number of nitrogens with zero attached hydrogens (tertiary/aromatic N) is 2. The highest BCUT2D eigenvalue weighted by Gasteiger charge is 2.17. The summed E-state index contributed by atoms with van der Waals surface area (Å²) in [5.74, 6) is 0.279. The first-order chi connectivity index (χ1) is 12.5. The van der Waals surface area contributed by atoms with Crippen molar-refractivity contribution >= 4 is 5.91 Å². The lowest BCUT2D eigenvalue weighted by Gasteiger charge is -2.17. The third-order valence-electron chi connectivity index (χ3n) is 4.29. The number of hydrogen-bond acceptors (Lipinski definition) is 6. The largest absolute Gasteiger partial charge is 0.508 e. The van der Waals surface area contributed by atoms with E-state index in [0.717, 1.165) is 31.6 Å². The second kappa shape index (κ2) is 9.94. The first-order valence-corrected chi connectivity index (χ1v) is 9.03. The molecule has 0 aliphatic rings. The Balaban J connectivity index is 1.82. The molecule has 2 aromatic rings. The van der Waals surface area contributed by atoms with E-state index in [1.54, 1.807) is 24.3 Å². The second-order valence-corrected chi connectivity index (χ2v) is 6.18. The molecule has 0 radical (unpaired) electrons. The number of phenols is 1. The van der Waals surface area contributed by atoms with Crippen LogP contribution in [0.2, 0.25) is 0 Å². The number of rotatable bonds is 10. The zero-order valence-electron chi connectivity index (χ0n) is 15.4. The number of hydrogen-bond donors (Lipinski definition) is 3. The molecule has 0 saturated carbocycles. The fourth-order valence-electron chi connectivity index (χ4n) is 2.67. The third-order valence-corrected chi connectivity index (χ3v) is 4.29. The number of phenolic OH excluding ortho intramolecular Hbond substituents is 1. The average Bonchev–Trinajstić information content (AvgIpc) is 3.14. The van der Waals surface area contributed by atoms with Crippen LogP contribution in [0.15, 0.2) is 34.9 Å². The summed E-state index contributed by atoms with van der Waals surface area (Å²) in [4.78, 5) is 18.7. The van der Waals surface area contributed by atoms with Crippen LogP contribution in [0.1, 0.15) is 48.3 Å². The molecule has 0 bridgehead atoms. The lowest BCUT2D eigenvalue weighted by molar-refractivity contribution is 0.0946. The molecule has 7 nitrogen and oxygen atoms in total. The Bertz CT molecular complexity index is 680.